The molecule has 0 aliphatic heterocycles. The molecule has 1 unspecified atom stereocenters. The van der Waals surface area contributed by atoms with Crippen molar-refractivity contribution in [2.45, 2.75) is 19.5 Å². The van der Waals surface area contributed by atoms with Gasteiger partial charge in [-0.15, -0.1) is 0 Å². The lowest BCUT2D eigenvalue weighted by molar-refractivity contribution is 0.187. The summed E-state index contributed by atoms with van der Waals surface area (Å²) in [5.41, 5.74) is 1.23. The number of hydrogen-bond acceptors (Lipinski definition) is 3. The van der Waals surface area contributed by atoms with Gasteiger partial charge in [0.05, 0.1) is 12.6 Å². The normalized spacial score (nSPS) is 12.4. The SMILES string of the molecule is COCCn1ccnc1NC(C)c1ccc(Br)cc1. The van der Waals surface area contributed by atoms with E-state index in [1.54, 1.807) is 13.3 Å². The second-order valence-corrected chi connectivity index (χ2v) is 5.27. The Hall–Kier alpha value is -1.33. The Bertz CT molecular complexity index is 510. The molecular formula is C14H18BrN3O. The molecule has 1 atom stereocenters. The van der Waals surface area contributed by atoms with Crippen LogP contribution in [0.25, 0.3) is 0 Å². The average Bonchev–Trinajstić information content (AvgIpc) is 2.84. The Morgan fingerprint density at radius 2 is 2.11 bits per heavy atom. The third-order valence-electron chi connectivity index (χ3n) is 2.97. The van der Waals surface area contributed by atoms with Gasteiger partial charge in [0.25, 0.3) is 0 Å². The van der Waals surface area contributed by atoms with Crippen LogP contribution in [0, 0.1) is 0 Å². The molecule has 0 amide bonds. The van der Waals surface area contributed by atoms with Crippen molar-refractivity contribution >= 4 is 21.9 Å². The van der Waals surface area contributed by atoms with E-state index in [2.05, 4.69) is 49.9 Å². The number of benzene rings is 1. The maximum absolute atomic E-state index is 5.09. The molecule has 4 nitrogen and oxygen atoms in total. The first kappa shape index (κ1) is 14.1. The second-order valence-electron chi connectivity index (χ2n) is 4.35. The van der Waals surface area contributed by atoms with Crippen LogP contribution in [-0.2, 0) is 11.3 Å². The van der Waals surface area contributed by atoms with Crippen molar-refractivity contribution in [3.05, 3.63) is 46.7 Å². The van der Waals surface area contributed by atoms with Crippen molar-refractivity contribution in [1.82, 2.24) is 9.55 Å². The molecule has 2 aromatic rings. The summed E-state index contributed by atoms with van der Waals surface area (Å²) in [6, 6.07) is 8.50. The summed E-state index contributed by atoms with van der Waals surface area (Å²) in [5.74, 6) is 0.868. The van der Waals surface area contributed by atoms with E-state index in [0.717, 1.165) is 17.0 Å². The summed E-state index contributed by atoms with van der Waals surface area (Å²) < 4.78 is 8.23. The van der Waals surface area contributed by atoms with E-state index in [-0.39, 0.29) is 6.04 Å². The summed E-state index contributed by atoms with van der Waals surface area (Å²) >= 11 is 3.44. The highest BCUT2D eigenvalue weighted by Gasteiger charge is 2.09. The van der Waals surface area contributed by atoms with E-state index >= 15 is 0 Å². The number of nitrogens with one attached hydrogen (secondary N) is 1. The third kappa shape index (κ3) is 3.81. The van der Waals surface area contributed by atoms with Gasteiger partial charge in [0.15, 0.2) is 0 Å². The minimum atomic E-state index is 0.205. The van der Waals surface area contributed by atoms with Gasteiger partial charge < -0.3 is 14.6 Å². The number of nitrogens with zero attached hydrogens (tertiary/aromatic N) is 2. The molecular weight excluding hydrogens is 306 g/mol. The fourth-order valence-electron chi connectivity index (χ4n) is 1.85. The third-order valence-corrected chi connectivity index (χ3v) is 3.50. The van der Waals surface area contributed by atoms with Crippen molar-refractivity contribution in [1.29, 1.82) is 0 Å². The molecule has 1 aromatic heterocycles. The van der Waals surface area contributed by atoms with Crippen LogP contribution >= 0.6 is 15.9 Å². The lowest BCUT2D eigenvalue weighted by atomic mass is 10.1. The highest BCUT2D eigenvalue weighted by molar-refractivity contribution is 9.10. The van der Waals surface area contributed by atoms with E-state index in [1.807, 2.05) is 18.3 Å². The zero-order valence-electron chi connectivity index (χ0n) is 11.1. The van der Waals surface area contributed by atoms with Gasteiger partial charge in [0.2, 0.25) is 5.95 Å². The molecule has 19 heavy (non-hydrogen) atoms. The van der Waals surface area contributed by atoms with Gasteiger partial charge in [0.1, 0.15) is 0 Å². The fourth-order valence-corrected chi connectivity index (χ4v) is 2.11. The van der Waals surface area contributed by atoms with E-state index < -0.39 is 0 Å². The number of anilines is 1. The molecule has 0 aliphatic carbocycles. The molecule has 1 heterocycles. The first-order valence-electron chi connectivity index (χ1n) is 6.23. The van der Waals surface area contributed by atoms with Crippen LogP contribution in [0.15, 0.2) is 41.1 Å². The highest BCUT2D eigenvalue weighted by Crippen LogP contribution is 2.20. The molecule has 0 fully saturated rings. The number of aromatic nitrogens is 2. The van der Waals surface area contributed by atoms with Crippen LogP contribution < -0.4 is 5.32 Å². The monoisotopic (exact) mass is 323 g/mol. The van der Waals surface area contributed by atoms with Gasteiger partial charge in [0, 0.05) is 30.5 Å². The molecule has 1 aromatic carbocycles. The number of imidazole rings is 1. The summed E-state index contributed by atoms with van der Waals surface area (Å²) in [7, 11) is 1.70. The van der Waals surface area contributed by atoms with E-state index in [1.165, 1.54) is 5.56 Å². The van der Waals surface area contributed by atoms with Crippen molar-refractivity contribution in [2.24, 2.45) is 0 Å². The fraction of sp³-hybridized carbons (Fsp3) is 0.357. The molecule has 0 saturated heterocycles. The number of methoxy groups -OCH3 is 1. The lowest BCUT2D eigenvalue weighted by Gasteiger charge is -2.16. The standard InChI is InChI=1S/C14H18BrN3O/c1-11(12-3-5-13(15)6-4-12)17-14-16-7-8-18(14)9-10-19-2/h3-8,11H,9-10H2,1-2H3,(H,16,17). The first-order valence-corrected chi connectivity index (χ1v) is 7.02. The summed E-state index contributed by atoms with van der Waals surface area (Å²) in [6.45, 7) is 3.60. The van der Waals surface area contributed by atoms with Crippen LogP contribution in [0.5, 0.6) is 0 Å². The predicted octanol–water partition coefficient (Wildman–Crippen LogP) is 3.47. The first-order chi connectivity index (χ1) is 9.20. The quantitative estimate of drug-likeness (QED) is 0.884. The summed E-state index contributed by atoms with van der Waals surface area (Å²) in [6.07, 6.45) is 3.75. The number of hydrogen-bond donors (Lipinski definition) is 1. The van der Waals surface area contributed by atoms with Crippen molar-refractivity contribution in [2.75, 3.05) is 19.0 Å². The lowest BCUT2D eigenvalue weighted by Crippen LogP contribution is -2.13. The zero-order chi connectivity index (χ0) is 13.7. The maximum Gasteiger partial charge on any atom is 0.203 e. The van der Waals surface area contributed by atoms with Crippen LogP contribution in [0.3, 0.4) is 0 Å². The van der Waals surface area contributed by atoms with Crippen molar-refractivity contribution in [3.63, 3.8) is 0 Å². The minimum Gasteiger partial charge on any atom is -0.383 e. The molecule has 2 rings (SSSR count). The largest absolute Gasteiger partial charge is 0.383 e. The molecule has 5 heteroatoms. The Balaban J connectivity index is 2.04. The van der Waals surface area contributed by atoms with E-state index in [4.69, 9.17) is 4.74 Å². The zero-order valence-corrected chi connectivity index (χ0v) is 12.7. The Labute approximate surface area is 121 Å². The Kier molecular flexibility index (Phi) is 4.99. The highest BCUT2D eigenvalue weighted by atomic mass is 79.9. The molecule has 1 N–H and O–H groups in total. The predicted molar refractivity (Wildman–Crippen MR) is 80.3 cm³/mol. The summed E-state index contributed by atoms with van der Waals surface area (Å²) in [4.78, 5) is 4.34. The van der Waals surface area contributed by atoms with Gasteiger partial charge in [-0.2, -0.15) is 0 Å². The van der Waals surface area contributed by atoms with Gasteiger partial charge in [-0.25, -0.2) is 4.98 Å². The smallest absolute Gasteiger partial charge is 0.203 e. The number of rotatable bonds is 6. The van der Waals surface area contributed by atoms with Crippen LogP contribution in [0.4, 0.5) is 5.95 Å². The van der Waals surface area contributed by atoms with Crippen LogP contribution in [0.2, 0.25) is 0 Å². The summed E-state index contributed by atoms with van der Waals surface area (Å²) in [5, 5.41) is 3.42. The van der Waals surface area contributed by atoms with Crippen molar-refractivity contribution in [3.8, 4) is 0 Å². The van der Waals surface area contributed by atoms with E-state index in [0.29, 0.717) is 6.61 Å². The molecule has 0 saturated carbocycles. The number of ether oxygens (including phenoxy) is 1. The topological polar surface area (TPSA) is 39.1 Å². The Morgan fingerprint density at radius 1 is 1.37 bits per heavy atom. The number of halogens is 1. The van der Waals surface area contributed by atoms with E-state index in [9.17, 15) is 0 Å². The molecule has 0 bridgehead atoms. The molecule has 102 valence electrons. The van der Waals surface area contributed by atoms with Crippen LogP contribution in [-0.4, -0.2) is 23.3 Å². The van der Waals surface area contributed by atoms with Gasteiger partial charge in [-0.3, -0.25) is 0 Å². The molecule has 0 radical (unpaired) electrons. The van der Waals surface area contributed by atoms with Gasteiger partial charge in [-0.1, -0.05) is 28.1 Å². The second kappa shape index (κ2) is 6.73. The van der Waals surface area contributed by atoms with Gasteiger partial charge >= 0.3 is 0 Å². The Morgan fingerprint density at radius 3 is 2.79 bits per heavy atom. The van der Waals surface area contributed by atoms with Crippen molar-refractivity contribution < 1.29 is 4.74 Å². The molecule has 0 aliphatic rings. The van der Waals surface area contributed by atoms with Crippen LogP contribution in [0.1, 0.15) is 18.5 Å². The molecule has 0 spiro atoms. The minimum absolute atomic E-state index is 0.205. The maximum atomic E-state index is 5.09. The average molecular weight is 324 g/mol. The van der Waals surface area contributed by atoms with Gasteiger partial charge in [-0.05, 0) is 24.6 Å².